The number of aromatic amines is 2. The maximum absolute atomic E-state index is 11.5. The number of fused-ring (bicyclic) bond motifs is 1. The minimum atomic E-state index is -0.280. The van der Waals surface area contributed by atoms with E-state index in [9.17, 15) is 9.59 Å². The molecule has 0 radical (unpaired) electrons. The van der Waals surface area contributed by atoms with E-state index in [1.54, 1.807) is 0 Å². The molecule has 0 saturated heterocycles. The van der Waals surface area contributed by atoms with E-state index in [0.29, 0.717) is 16.6 Å². The standard InChI is InChI=1S/C11H12N2O2/c1-5-4-8-10(13-11(15)12-8)9(6(5)2)7(3)14/h4H,1-3H3,(H2,12,13,15). The van der Waals surface area contributed by atoms with Crippen LogP contribution in [0.2, 0.25) is 0 Å². The number of ketones is 1. The monoisotopic (exact) mass is 204 g/mol. The van der Waals surface area contributed by atoms with Crippen LogP contribution in [0.15, 0.2) is 10.9 Å². The molecule has 2 aromatic rings. The lowest BCUT2D eigenvalue weighted by atomic mass is 9.99. The molecule has 0 fully saturated rings. The van der Waals surface area contributed by atoms with Crippen LogP contribution in [0, 0.1) is 13.8 Å². The van der Waals surface area contributed by atoms with Gasteiger partial charge in [0.1, 0.15) is 0 Å². The highest BCUT2D eigenvalue weighted by Gasteiger charge is 2.13. The molecule has 1 aromatic carbocycles. The molecular formula is C11H12N2O2. The van der Waals surface area contributed by atoms with Crippen molar-refractivity contribution in [2.45, 2.75) is 20.8 Å². The van der Waals surface area contributed by atoms with Crippen LogP contribution in [0.5, 0.6) is 0 Å². The van der Waals surface area contributed by atoms with E-state index < -0.39 is 0 Å². The lowest BCUT2D eigenvalue weighted by Gasteiger charge is -2.06. The molecule has 1 aromatic heterocycles. The van der Waals surface area contributed by atoms with Crippen molar-refractivity contribution in [3.63, 3.8) is 0 Å². The Bertz CT molecular complexity index is 605. The number of aromatic nitrogens is 2. The number of aryl methyl sites for hydroxylation is 1. The van der Waals surface area contributed by atoms with Gasteiger partial charge >= 0.3 is 5.69 Å². The summed E-state index contributed by atoms with van der Waals surface area (Å²) < 4.78 is 0. The van der Waals surface area contributed by atoms with Gasteiger partial charge in [0.15, 0.2) is 5.78 Å². The summed E-state index contributed by atoms with van der Waals surface area (Å²) in [6.07, 6.45) is 0. The Kier molecular flexibility index (Phi) is 2.00. The van der Waals surface area contributed by atoms with Crippen molar-refractivity contribution in [2.75, 3.05) is 0 Å². The van der Waals surface area contributed by atoms with Crippen LogP contribution in [0.1, 0.15) is 28.4 Å². The van der Waals surface area contributed by atoms with Crippen LogP contribution < -0.4 is 5.69 Å². The van der Waals surface area contributed by atoms with Gasteiger partial charge in [-0.05, 0) is 38.0 Å². The Hall–Kier alpha value is -1.84. The number of carbonyl (C=O) groups excluding carboxylic acids is 1. The highest BCUT2D eigenvalue weighted by molar-refractivity contribution is 6.06. The Morgan fingerprint density at radius 3 is 2.53 bits per heavy atom. The van der Waals surface area contributed by atoms with Crippen LogP contribution in [-0.4, -0.2) is 15.8 Å². The Morgan fingerprint density at radius 1 is 1.27 bits per heavy atom. The molecule has 4 heteroatoms. The lowest BCUT2D eigenvalue weighted by molar-refractivity contribution is 0.101. The fourth-order valence-electron chi connectivity index (χ4n) is 1.85. The molecule has 0 saturated carbocycles. The lowest BCUT2D eigenvalue weighted by Crippen LogP contribution is -2.02. The zero-order valence-corrected chi connectivity index (χ0v) is 8.89. The average molecular weight is 204 g/mol. The van der Waals surface area contributed by atoms with Crippen LogP contribution in [0.4, 0.5) is 0 Å². The van der Waals surface area contributed by atoms with Crippen LogP contribution in [0.25, 0.3) is 11.0 Å². The third kappa shape index (κ3) is 1.38. The van der Waals surface area contributed by atoms with Gasteiger partial charge in [0.2, 0.25) is 0 Å². The highest BCUT2D eigenvalue weighted by Crippen LogP contribution is 2.22. The molecule has 0 bridgehead atoms. The largest absolute Gasteiger partial charge is 0.323 e. The van der Waals surface area contributed by atoms with Gasteiger partial charge in [-0.2, -0.15) is 0 Å². The fourth-order valence-corrected chi connectivity index (χ4v) is 1.85. The normalized spacial score (nSPS) is 10.9. The second kappa shape index (κ2) is 3.08. The third-order valence-corrected chi connectivity index (χ3v) is 2.69. The minimum Gasteiger partial charge on any atom is -0.306 e. The number of rotatable bonds is 1. The predicted octanol–water partition coefficient (Wildman–Crippen LogP) is 1.68. The van der Waals surface area contributed by atoms with E-state index in [4.69, 9.17) is 0 Å². The predicted molar refractivity (Wildman–Crippen MR) is 58.4 cm³/mol. The first-order chi connectivity index (χ1) is 7.00. The second-order valence-electron chi connectivity index (χ2n) is 3.75. The Morgan fingerprint density at radius 2 is 1.93 bits per heavy atom. The molecule has 4 nitrogen and oxygen atoms in total. The molecule has 78 valence electrons. The van der Waals surface area contributed by atoms with Crippen molar-refractivity contribution in [1.82, 2.24) is 9.97 Å². The van der Waals surface area contributed by atoms with Crippen molar-refractivity contribution in [1.29, 1.82) is 0 Å². The number of imidazole rings is 1. The zero-order valence-electron chi connectivity index (χ0n) is 8.89. The van der Waals surface area contributed by atoms with Gasteiger partial charge < -0.3 is 9.97 Å². The molecule has 0 aliphatic rings. The van der Waals surface area contributed by atoms with E-state index in [1.807, 2.05) is 19.9 Å². The number of H-pyrrole nitrogens is 2. The first-order valence-corrected chi connectivity index (χ1v) is 4.74. The van der Waals surface area contributed by atoms with Crippen molar-refractivity contribution in [3.05, 3.63) is 33.2 Å². The molecule has 0 aliphatic heterocycles. The molecular weight excluding hydrogens is 192 g/mol. The van der Waals surface area contributed by atoms with Gasteiger partial charge in [-0.3, -0.25) is 4.79 Å². The quantitative estimate of drug-likeness (QED) is 0.694. The number of nitrogens with one attached hydrogen (secondary N) is 2. The minimum absolute atomic E-state index is 0.0311. The maximum atomic E-state index is 11.5. The second-order valence-corrected chi connectivity index (χ2v) is 3.75. The summed E-state index contributed by atoms with van der Waals surface area (Å²) in [6, 6.07) is 1.87. The van der Waals surface area contributed by atoms with Gasteiger partial charge in [-0.25, -0.2) is 4.79 Å². The summed E-state index contributed by atoms with van der Waals surface area (Å²) in [5.41, 5.74) is 3.54. The molecule has 0 aliphatic carbocycles. The van der Waals surface area contributed by atoms with Gasteiger partial charge in [0.05, 0.1) is 11.0 Å². The summed E-state index contributed by atoms with van der Waals surface area (Å²) in [6.45, 7) is 5.32. The summed E-state index contributed by atoms with van der Waals surface area (Å²) >= 11 is 0. The third-order valence-electron chi connectivity index (χ3n) is 2.69. The summed E-state index contributed by atoms with van der Waals surface area (Å²) in [7, 11) is 0. The summed E-state index contributed by atoms with van der Waals surface area (Å²) in [5.74, 6) is -0.0311. The molecule has 0 amide bonds. The number of benzene rings is 1. The van der Waals surface area contributed by atoms with Gasteiger partial charge in [0.25, 0.3) is 0 Å². The van der Waals surface area contributed by atoms with Crippen molar-refractivity contribution >= 4 is 16.8 Å². The number of hydrogen-bond acceptors (Lipinski definition) is 2. The van der Waals surface area contributed by atoms with E-state index >= 15 is 0 Å². The first kappa shape index (κ1) is 9.71. The van der Waals surface area contributed by atoms with Crippen molar-refractivity contribution in [2.24, 2.45) is 0 Å². The molecule has 0 unspecified atom stereocenters. The van der Waals surface area contributed by atoms with Gasteiger partial charge in [0, 0.05) is 5.56 Å². The zero-order chi connectivity index (χ0) is 11.2. The van der Waals surface area contributed by atoms with Gasteiger partial charge in [-0.15, -0.1) is 0 Å². The van der Waals surface area contributed by atoms with Crippen LogP contribution >= 0.6 is 0 Å². The topological polar surface area (TPSA) is 65.7 Å². The van der Waals surface area contributed by atoms with E-state index in [1.165, 1.54) is 6.92 Å². The van der Waals surface area contributed by atoms with E-state index in [2.05, 4.69) is 9.97 Å². The number of Topliss-reactive ketones (excluding diaryl/α,β-unsaturated/α-hetero) is 1. The maximum Gasteiger partial charge on any atom is 0.323 e. The Labute approximate surface area is 86.3 Å². The molecule has 2 N–H and O–H groups in total. The highest BCUT2D eigenvalue weighted by atomic mass is 16.1. The van der Waals surface area contributed by atoms with Gasteiger partial charge in [-0.1, -0.05) is 0 Å². The summed E-state index contributed by atoms with van der Waals surface area (Å²) in [5, 5.41) is 0. The molecule has 2 rings (SSSR count). The van der Waals surface area contributed by atoms with Crippen molar-refractivity contribution < 1.29 is 4.79 Å². The smallest absolute Gasteiger partial charge is 0.306 e. The van der Waals surface area contributed by atoms with Crippen LogP contribution in [-0.2, 0) is 0 Å². The summed E-state index contributed by atoms with van der Waals surface area (Å²) in [4.78, 5) is 28.0. The number of carbonyl (C=O) groups is 1. The molecule has 0 spiro atoms. The first-order valence-electron chi connectivity index (χ1n) is 4.74. The fraction of sp³-hybridized carbons (Fsp3) is 0.273. The number of hydrogen-bond donors (Lipinski definition) is 2. The molecule has 1 heterocycles. The SMILES string of the molecule is CC(=O)c1c(C)c(C)cc2[nH]c(=O)[nH]c12. The average Bonchev–Trinajstić information content (AvgIpc) is 2.46. The van der Waals surface area contributed by atoms with Crippen molar-refractivity contribution in [3.8, 4) is 0 Å². The molecule has 0 atom stereocenters. The molecule has 15 heavy (non-hydrogen) atoms. The van der Waals surface area contributed by atoms with E-state index in [0.717, 1.165) is 11.1 Å². The van der Waals surface area contributed by atoms with Crippen LogP contribution in [0.3, 0.4) is 0 Å². The van der Waals surface area contributed by atoms with E-state index in [-0.39, 0.29) is 11.5 Å². The Balaban J connectivity index is 3.01.